The molecule has 2 amide bonds. The second-order valence-electron chi connectivity index (χ2n) is 8.07. The molecule has 0 bridgehead atoms. The van der Waals surface area contributed by atoms with Crippen LogP contribution in [0.25, 0.3) is 22.6 Å². The summed E-state index contributed by atoms with van der Waals surface area (Å²) in [4.78, 5) is 37.8. The van der Waals surface area contributed by atoms with Crippen LogP contribution >= 0.6 is 0 Å². The molecule has 0 aliphatic carbocycles. The Bertz CT molecular complexity index is 1540. The van der Waals surface area contributed by atoms with Crippen LogP contribution in [-0.4, -0.2) is 43.2 Å². The first kappa shape index (κ1) is 20.3. The number of nitrogens with zero attached hydrogens (tertiary/aromatic N) is 5. The van der Waals surface area contributed by atoms with E-state index in [1.54, 1.807) is 18.2 Å². The smallest absolute Gasteiger partial charge is 0.262 e. The van der Waals surface area contributed by atoms with E-state index in [1.807, 2.05) is 0 Å². The van der Waals surface area contributed by atoms with E-state index in [9.17, 15) is 18.4 Å². The maximum atomic E-state index is 14.3. The molecule has 2 aliphatic rings. The highest BCUT2D eigenvalue weighted by Crippen LogP contribution is 2.44. The molecule has 12 heteroatoms. The Morgan fingerprint density at radius 1 is 1.15 bits per heavy atom. The number of hydrogen-bond acceptors (Lipinski definition) is 7. The molecule has 0 fully saturated rings. The van der Waals surface area contributed by atoms with Crippen molar-refractivity contribution in [1.29, 1.82) is 0 Å². The Kier molecular flexibility index (Phi) is 4.23. The first-order valence-corrected chi connectivity index (χ1v) is 10.3. The van der Waals surface area contributed by atoms with Crippen molar-refractivity contribution in [3.63, 3.8) is 0 Å². The summed E-state index contributed by atoms with van der Waals surface area (Å²) >= 11 is 0. The van der Waals surface area contributed by atoms with Crippen molar-refractivity contribution in [2.75, 3.05) is 17.2 Å². The minimum Gasteiger partial charge on any atom is -0.351 e. The zero-order valence-corrected chi connectivity index (χ0v) is 17.6. The zero-order valence-electron chi connectivity index (χ0n) is 17.6. The second-order valence-corrected chi connectivity index (χ2v) is 8.07. The number of amides is 2. The number of fused-ring (bicyclic) bond motifs is 1. The van der Waals surface area contributed by atoms with E-state index in [-0.39, 0.29) is 47.3 Å². The lowest BCUT2D eigenvalue weighted by Gasteiger charge is -2.20. The van der Waals surface area contributed by atoms with Crippen LogP contribution in [0, 0.1) is 11.6 Å². The normalized spacial score (nSPS) is 19.0. The van der Waals surface area contributed by atoms with Gasteiger partial charge in [-0.3, -0.25) is 9.59 Å². The summed E-state index contributed by atoms with van der Waals surface area (Å²) < 4.78 is 35.4. The Morgan fingerprint density at radius 2 is 1.91 bits per heavy atom. The van der Waals surface area contributed by atoms with E-state index in [0.717, 1.165) is 6.20 Å². The maximum absolute atomic E-state index is 14.3. The molecular formula is C22H15F2N7O3. The standard InChI is InChI=1S/C22H15F2N7O3/c1-22-15-17(26-14(32)9-34-22)27-19(28-18(15)29-21(22)33)16-12-6-11(23)7-25-20(12)31(30-16)8-10-4-2-3-5-13(10)24/h2-7H,8-9H2,1H3,(H2,26,27,28,29,32,33). The highest BCUT2D eigenvalue weighted by atomic mass is 19.1. The zero-order chi connectivity index (χ0) is 23.6. The molecule has 0 radical (unpaired) electrons. The predicted molar refractivity (Wildman–Crippen MR) is 115 cm³/mol. The topological polar surface area (TPSA) is 124 Å². The molecule has 1 aromatic carbocycles. The average molecular weight is 463 g/mol. The van der Waals surface area contributed by atoms with Crippen molar-refractivity contribution < 1.29 is 23.1 Å². The van der Waals surface area contributed by atoms with Crippen molar-refractivity contribution in [2.24, 2.45) is 0 Å². The van der Waals surface area contributed by atoms with E-state index in [0.29, 0.717) is 11.1 Å². The molecular weight excluding hydrogens is 448 g/mol. The fourth-order valence-electron chi connectivity index (χ4n) is 4.15. The number of anilines is 2. The van der Waals surface area contributed by atoms with Crippen LogP contribution in [0.5, 0.6) is 0 Å². The van der Waals surface area contributed by atoms with Gasteiger partial charge in [-0.1, -0.05) is 18.2 Å². The van der Waals surface area contributed by atoms with Gasteiger partial charge in [0.05, 0.1) is 23.7 Å². The third-order valence-electron chi connectivity index (χ3n) is 5.84. The monoisotopic (exact) mass is 463 g/mol. The van der Waals surface area contributed by atoms with E-state index in [1.165, 1.54) is 23.7 Å². The van der Waals surface area contributed by atoms with Gasteiger partial charge in [0, 0.05) is 5.56 Å². The van der Waals surface area contributed by atoms with Gasteiger partial charge in [0.15, 0.2) is 17.1 Å². The SMILES string of the molecule is CC12OCC(=O)Nc3nc(-c4nn(Cc5ccccc5F)c5ncc(F)cc45)nc(c31)NC2=O. The van der Waals surface area contributed by atoms with Gasteiger partial charge in [0.1, 0.15) is 35.6 Å². The average Bonchev–Trinajstić information content (AvgIpc) is 3.23. The first-order chi connectivity index (χ1) is 16.3. The van der Waals surface area contributed by atoms with Gasteiger partial charge in [0.2, 0.25) is 0 Å². The highest BCUT2D eigenvalue weighted by Gasteiger charge is 2.50. The molecule has 6 rings (SSSR count). The lowest BCUT2D eigenvalue weighted by atomic mass is 9.99. The van der Waals surface area contributed by atoms with Crippen LogP contribution in [0.4, 0.5) is 20.4 Å². The number of nitrogens with one attached hydrogen (secondary N) is 2. The number of carbonyl (C=O) groups is 2. The molecule has 170 valence electrons. The van der Waals surface area contributed by atoms with Crippen LogP contribution in [0.15, 0.2) is 36.5 Å². The Morgan fingerprint density at radius 3 is 2.71 bits per heavy atom. The summed E-state index contributed by atoms with van der Waals surface area (Å²) in [7, 11) is 0. The summed E-state index contributed by atoms with van der Waals surface area (Å²) in [5.41, 5.74) is -0.345. The fourth-order valence-corrected chi connectivity index (χ4v) is 4.15. The molecule has 5 heterocycles. The summed E-state index contributed by atoms with van der Waals surface area (Å²) in [6, 6.07) is 7.43. The van der Waals surface area contributed by atoms with Gasteiger partial charge in [-0.25, -0.2) is 28.4 Å². The molecule has 1 atom stereocenters. The van der Waals surface area contributed by atoms with Crippen LogP contribution in [0.3, 0.4) is 0 Å². The molecule has 1 unspecified atom stereocenters. The van der Waals surface area contributed by atoms with E-state index in [2.05, 4.69) is 30.7 Å². The first-order valence-electron chi connectivity index (χ1n) is 10.3. The fraction of sp³-hybridized carbons (Fsp3) is 0.182. The van der Waals surface area contributed by atoms with Crippen molar-refractivity contribution in [2.45, 2.75) is 19.1 Å². The van der Waals surface area contributed by atoms with Crippen LogP contribution in [0.2, 0.25) is 0 Å². The van der Waals surface area contributed by atoms with Gasteiger partial charge in [-0.05, 0) is 19.1 Å². The number of carbonyl (C=O) groups excluding carboxylic acids is 2. The highest BCUT2D eigenvalue weighted by molar-refractivity contribution is 6.08. The molecule has 0 saturated heterocycles. The van der Waals surface area contributed by atoms with Crippen molar-refractivity contribution in [3.8, 4) is 11.5 Å². The Hall–Kier alpha value is -4.32. The Balaban J connectivity index is 1.55. The number of aromatic nitrogens is 5. The summed E-state index contributed by atoms with van der Waals surface area (Å²) in [5, 5.41) is 10.0. The number of benzene rings is 1. The number of rotatable bonds is 3. The second kappa shape index (κ2) is 7.09. The number of hydrogen-bond donors (Lipinski definition) is 2. The number of halogens is 2. The molecule has 2 N–H and O–H groups in total. The van der Waals surface area contributed by atoms with Crippen LogP contribution < -0.4 is 10.6 Å². The molecule has 0 spiro atoms. The summed E-state index contributed by atoms with van der Waals surface area (Å²) in [6.45, 7) is 1.21. The lowest BCUT2D eigenvalue weighted by Crippen LogP contribution is -2.34. The molecule has 4 aromatic rings. The van der Waals surface area contributed by atoms with Gasteiger partial charge < -0.3 is 15.4 Å². The van der Waals surface area contributed by atoms with Crippen molar-refractivity contribution in [3.05, 3.63) is 59.3 Å². The molecule has 3 aromatic heterocycles. The largest absolute Gasteiger partial charge is 0.351 e. The van der Waals surface area contributed by atoms with E-state index in [4.69, 9.17) is 4.74 Å². The predicted octanol–water partition coefficient (Wildman–Crippen LogP) is 2.35. The van der Waals surface area contributed by atoms with Gasteiger partial charge in [-0.2, -0.15) is 5.10 Å². The molecule has 0 saturated carbocycles. The third-order valence-corrected chi connectivity index (χ3v) is 5.84. The minimum atomic E-state index is -1.44. The Labute approximate surface area is 190 Å². The summed E-state index contributed by atoms with van der Waals surface area (Å²) in [6.07, 6.45) is 1.03. The van der Waals surface area contributed by atoms with Crippen LogP contribution in [0.1, 0.15) is 18.1 Å². The lowest BCUT2D eigenvalue weighted by molar-refractivity contribution is -0.142. The van der Waals surface area contributed by atoms with Gasteiger partial charge in [-0.15, -0.1) is 0 Å². The third kappa shape index (κ3) is 2.95. The molecule has 34 heavy (non-hydrogen) atoms. The van der Waals surface area contributed by atoms with E-state index >= 15 is 0 Å². The van der Waals surface area contributed by atoms with Gasteiger partial charge in [0.25, 0.3) is 11.8 Å². The minimum absolute atomic E-state index is 0.0187. The van der Waals surface area contributed by atoms with Crippen LogP contribution in [-0.2, 0) is 26.5 Å². The quantitative estimate of drug-likeness (QED) is 0.478. The van der Waals surface area contributed by atoms with Crippen molar-refractivity contribution >= 4 is 34.5 Å². The molecule has 2 aliphatic heterocycles. The number of pyridine rings is 1. The molecule has 10 nitrogen and oxygen atoms in total. The maximum Gasteiger partial charge on any atom is 0.262 e. The summed E-state index contributed by atoms with van der Waals surface area (Å²) in [5.74, 6) is -1.76. The number of ether oxygens (including phenoxy) is 1. The van der Waals surface area contributed by atoms with Crippen molar-refractivity contribution in [1.82, 2.24) is 24.7 Å². The van der Waals surface area contributed by atoms with E-state index < -0.39 is 29.0 Å². The van der Waals surface area contributed by atoms with Gasteiger partial charge >= 0.3 is 0 Å².